The fourth-order valence-electron chi connectivity index (χ4n) is 3.83. The first-order chi connectivity index (χ1) is 10.3. The van der Waals surface area contributed by atoms with Crippen LogP contribution in [0, 0.1) is 16.7 Å². The summed E-state index contributed by atoms with van der Waals surface area (Å²) in [6.07, 6.45) is 2.63. The maximum atomic E-state index is 9.81. The van der Waals surface area contributed by atoms with Crippen LogP contribution >= 0.6 is 0 Å². The summed E-state index contributed by atoms with van der Waals surface area (Å²) < 4.78 is 5.78. The summed E-state index contributed by atoms with van der Waals surface area (Å²) in [5, 5.41) is 9.81. The van der Waals surface area contributed by atoms with Gasteiger partial charge in [-0.1, -0.05) is 42.5 Å². The fourth-order valence-corrected chi connectivity index (χ4v) is 3.83. The van der Waals surface area contributed by atoms with Gasteiger partial charge in [-0.25, -0.2) is 0 Å². The van der Waals surface area contributed by atoms with Crippen LogP contribution in [0.1, 0.15) is 29.0 Å². The normalized spacial score (nSPS) is 21.2. The number of fused-ring (bicyclic) bond motifs is 2. The zero-order valence-corrected chi connectivity index (χ0v) is 11.9. The van der Waals surface area contributed by atoms with E-state index >= 15 is 0 Å². The highest BCUT2D eigenvalue weighted by Crippen LogP contribution is 2.46. The van der Waals surface area contributed by atoms with E-state index in [1.54, 1.807) is 0 Å². The minimum atomic E-state index is -0.269. The van der Waals surface area contributed by atoms with Gasteiger partial charge in [0.15, 0.2) is 0 Å². The Kier molecular flexibility index (Phi) is 2.75. The number of rotatable bonds is 2. The second kappa shape index (κ2) is 4.63. The van der Waals surface area contributed by atoms with Crippen LogP contribution in [0.4, 0.5) is 0 Å². The van der Waals surface area contributed by atoms with E-state index in [0.717, 1.165) is 25.0 Å². The van der Waals surface area contributed by atoms with E-state index in [1.165, 1.54) is 16.7 Å². The highest BCUT2D eigenvalue weighted by molar-refractivity contribution is 5.42. The molecule has 1 heterocycles. The van der Waals surface area contributed by atoms with Gasteiger partial charge in [-0.3, -0.25) is 0 Å². The Morgan fingerprint density at radius 3 is 2.43 bits per heavy atom. The second-order valence-corrected chi connectivity index (χ2v) is 6.26. The number of ether oxygens (including phenoxy) is 1. The number of nitriles is 1. The average molecular weight is 275 g/mol. The van der Waals surface area contributed by atoms with Crippen LogP contribution in [0.2, 0.25) is 0 Å². The maximum absolute atomic E-state index is 9.81. The van der Waals surface area contributed by atoms with Crippen LogP contribution in [0.5, 0.6) is 5.75 Å². The van der Waals surface area contributed by atoms with Gasteiger partial charge < -0.3 is 4.74 Å². The van der Waals surface area contributed by atoms with Crippen molar-refractivity contribution in [3.8, 4) is 11.8 Å². The first kappa shape index (κ1) is 12.5. The van der Waals surface area contributed by atoms with E-state index in [1.807, 2.05) is 12.1 Å². The van der Waals surface area contributed by atoms with Crippen LogP contribution in [-0.2, 0) is 12.8 Å². The average Bonchev–Trinajstić information content (AvgIpc) is 3.09. The summed E-state index contributed by atoms with van der Waals surface area (Å²) >= 11 is 0. The lowest BCUT2D eigenvalue weighted by Crippen LogP contribution is -2.23. The summed E-state index contributed by atoms with van der Waals surface area (Å²) in [4.78, 5) is 0. The Morgan fingerprint density at radius 2 is 1.71 bits per heavy atom. The molecule has 0 radical (unpaired) electrons. The Balaban J connectivity index is 1.62. The minimum Gasteiger partial charge on any atom is -0.493 e. The molecule has 2 heteroatoms. The third-order valence-corrected chi connectivity index (χ3v) is 4.85. The predicted octanol–water partition coefficient (Wildman–Crippen LogP) is 3.86. The second-order valence-electron chi connectivity index (χ2n) is 6.26. The number of benzene rings is 2. The standard InChI is InChI=1S/C19H17NO/c20-13-19(9-14-5-1-2-6-15(14)10-19)11-16-12-21-18-8-4-3-7-17(16)18/h1-8,16H,9-12H2. The molecule has 1 aliphatic carbocycles. The van der Waals surface area contributed by atoms with E-state index < -0.39 is 0 Å². The molecule has 2 aromatic carbocycles. The van der Waals surface area contributed by atoms with Crippen LogP contribution in [-0.4, -0.2) is 6.61 Å². The van der Waals surface area contributed by atoms with E-state index in [9.17, 15) is 5.26 Å². The number of para-hydroxylation sites is 1. The molecule has 2 aromatic rings. The van der Waals surface area contributed by atoms with Gasteiger partial charge in [0.25, 0.3) is 0 Å². The molecule has 0 aromatic heterocycles. The van der Waals surface area contributed by atoms with E-state index in [4.69, 9.17) is 4.74 Å². The molecule has 2 nitrogen and oxygen atoms in total. The third-order valence-electron chi connectivity index (χ3n) is 4.85. The van der Waals surface area contributed by atoms with Gasteiger partial charge in [-0.15, -0.1) is 0 Å². The zero-order chi connectivity index (χ0) is 14.3. The summed E-state index contributed by atoms with van der Waals surface area (Å²) in [5.74, 6) is 1.33. The first-order valence-corrected chi connectivity index (χ1v) is 7.49. The first-order valence-electron chi connectivity index (χ1n) is 7.49. The van der Waals surface area contributed by atoms with Crippen molar-refractivity contribution in [3.05, 3.63) is 65.2 Å². The van der Waals surface area contributed by atoms with Crippen molar-refractivity contribution in [1.29, 1.82) is 5.26 Å². The van der Waals surface area contributed by atoms with Gasteiger partial charge in [0.05, 0.1) is 18.1 Å². The van der Waals surface area contributed by atoms with E-state index in [0.29, 0.717) is 12.5 Å². The Morgan fingerprint density at radius 1 is 1.05 bits per heavy atom. The lowest BCUT2D eigenvalue weighted by molar-refractivity contribution is 0.280. The molecule has 2 aliphatic rings. The van der Waals surface area contributed by atoms with E-state index in [2.05, 4.69) is 42.5 Å². The lowest BCUT2D eigenvalue weighted by atomic mass is 9.76. The molecule has 0 N–H and O–H groups in total. The fraction of sp³-hybridized carbons (Fsp3) is 0.316. The molecule has 0 saturated carbocycles. The van der Waals surface area contributed by atoms with Gasteiger partial charge in [-0.2, -0.15) is 5.26 Å². The Labute approximate surface area is 125 Å². The van der Waals surface area contributed by atoms with Crippen LogP contribution in [0.15, 0.2) is 48.5 Å². The minimum absolute atomic E-state index is 0.269. The predicted molar refractivity (Wildman–Crippen MR) is 81.2 cm³/mol. The zero-order valence-electron chi connectivity index (χ0n) is 11.9. The van der Waals surface area contributed by atoms with Crippen molar-refractivity contribution in [2.75, 3.05) is 6.61 Å². The van der Waals surface area contributed by atoms with Gasteiger partial charge in [0.2, 0.25) is 0 Å². The third kappa shape index (κ3) is 2.01. The van der Waals surface area contributed by atoms with Gasteiger partial charge in [0.1, 0.15) is 5.75 Å². The highest BCUT2D eigenvalue weighted by atomic mass is 16.5. The molecule has 1 atom stereocenters. The molecule has 0 bridgehead atoms. The largest absolute Gasteiger partial charge is 0.493 e. The molecule has 0 fully saturated rings. The molecule has 0 amide bonds. The molecular weight excluding hydrogens is 258 g/mol. The van der Waals surface area contributed by atoms with Crippen LogP contribution < -0.4 is 4.74 Å². The van der Waals surface area contributed by atoms with Crippen molar-refractivity contribution in [1.82, 2.24) is 0 Å². The Hall–Kier alpha value is -2.27. The lowest BCUT2D eigenvalue weighted by Gasteiger charge is -2.23. The molecule has 4 rings (SSSR count). The highest BCUT2D eigenvalue weighted by Gasteiger charge is 2.41. The van der Waals surface area contributed by atoms with Crippen molar-refractivity contribution >= 4 is 0 Å². The molecule has 1 aliphatic heterocycles. The molecular formula is C19H17NO. The number of nitrogens with zero attached hydrogens (tertiary/aromatic N) is 1. The summed E-state index contributed by atoms with van der Waals surface area (Å²) in [6, 6.07) is 19.3. The smallest absolute Gasteiger partial charge is 0.122 e. The number of hydrogen-bond acceptors (Lipinski definition) is 2. The van der Waals surface area contributed by atoms with Crippen molar-refractivity contribution in [3.63, 3.8) is 0 Å². The van der Waals surface area contributed by atoms with Gasteiger partial charge >= 0.3 is 0 Å². The molecule has 21 heavy (non-hydrogen) atoms. The Bertz CT molecular complexity index is 703. The number of hydrogen-bond donors (Lipinski definition) is 0. The maximum Gasteiger partial charge on any atom is 0.122 e. The molecule has 0 spiro atoms. The van der Waals surface area contributed by atoms with Crippen LogP contribution in [0.3, 0.4) is 0 Å². The van der Waals surface area contributed by atoms with Crippen molar-refractivity contribution < 1.29 is 4.74 Å². The topological polar surface area (TPSA) is 33.0 Å². The van der Waals surface area contributed by atoms with Crippen molar-refractivity contribution in [2.45, 2.75) is 25.2 Å². The van der Waals surface area contributed by atoms with Gasteiger partial charge in [0, 0.05) is 11.5 Å². The van der Waals surface area contributed by atoms with Crippen molar-refractivity contribution in [2.24, 2.45) is 5.41 Å². The SMILES string of the molecule is N#CC1(CC2COc3ccccc32)Cc2ccccc2C1. The quantitative estimate of drug-likeness (QED) is 0.833. The summed E-state index contributed by atoms with van der Waals surface area (Å²) in [7, 11) is 0. The molecule has 104 valence electrons. The van der Waals surface area contributed by atoms with Gasteiger partial charge in [-0.05, 0) is 36.5 Å². The monoisotopic (exact) mass is 275 g/mol. The van der Waals surface area contributed by atoms with E-state index in [-0.39, 0.29) is 5.41 Å². The molecule has 1 unspecified atom stereocenters. The summed E-state index contributed by atoms with van der Waals surface area (Å²) in [5.41, 5.74) is 3.68. The summed E-state index contributed by atoms with van der Waals surface area (Å²) in [6.45, 7) is 0.707. The molecule has 0 saturated heterocycles. The van der Waals surface area contributed by atoms with Crippen LogP contribution in [0.25, 0.3) is 0 Å².